The Hall–Kier alpha value is -4.18. The van der Waals surface area contributed by atoms with E-state index in [1.165, 1.54) is 4.31 Å². The van der Waals surface area contributed by atoms with Crippen LogP contribution in [0.1, 0.15) is 38.2 Å². The molecule has 10 heteroatoms. The molecule has 4 aromatic rings. The van der Waals surface area contributed by atoms with Crippen molar-refractivity contribution < 1.29 is 22.7 Å². The van der Waals surface area contributed by atoms with Crippen LogP contribution in [0.5, 0.6) is 5.75 Å². The first kappa shape index (κ1) is 31.3. The maximum absolute atomic E-state index is 14.1. The molecule has 4 aromatic carbocycles. The van der Waals surface area contributed by atoms with Gasteiger partial charge in [-0.25, -0.2) is 8.42 Å². The third-order valence-corrected chi connectivity index (χ3v) is 9.99. The summed E-state index contributed by atoms with van der Waals surface area (Å²) in [5, 5.41) is 3.38. The number of hydrogen-bond acceptors (Lipinski definition) is 5. The van der Waals surface area contributed by atoms with Crippen LogP contribution in [0.2, 0.25) is 5.02 Å². The van der Waals surface area contributed by atoms with Crippen molar-refractivity contribution in [3.8, 4) is 5.75 Å². The summed E-state index contributed by atoms with van der Waals surface area (Å²) in [6.07, 6.45) is 0.688. The van der Waals surface area contributed by atoms with Gasteiger partial charge in [-0.15, -0.1) is 0 Å². The minimum Gasteiger partial charge on any atom is -0.497 e. The van der Waals surface area contributed by atoms with Gasteiger partial charge in [0.2, 0.25) is 15.9 Å². The predicted octanol–water partition coefficient (Wildman–Crippen LogP) is 6.31. The SMILES string of the molecule is COc1ccc(C(=O)N2CCc3ccc(NC(=O)CN(Cc4ccc(Cl)cc4)S(=O)(=O)c4c(C)cc(C)cc4C)cc32)cc1. The molecule has 1 heterocycles. The van der Waals surface area contributed by atoms with Crippen molar-refractivity contribution in [1.82, 2.24) is 4.31 Å². The van der Waals surface area contributed by atoms with E-state index in [0.29, 0.717) is 57.4 Å². The summed E-state index contributed by atoms with van der Waals surface area (Å²) < 4.78 is 34.5. The number of benzene rings is 4. The number of carbonyl (C=O) groups excluding carboxylic acids is 2. The largest absolute Gasteiger partial charge is 0.497 e. The summed E-state index contributed by atoms with van der Waals surface area (Å²) in [6, 6.07) is 22.8. The number of nitrogens with one attached hydrogen (secondary N) is 1. The highest BCUT2D eigenvalue weighted by atomic mass is 35.5. The first-order chi connectivity index (χ1) is 21.0. The van der Waals surface area contributed by atoms with Crippen LogP contribution in [-0.4, -0.2) is 44.7 Å². The summed E-state index contributed by atoms with van der Waals surface area (Å²) in [6.45, 7) is 5.52. The Morgan fingerprint density at radius 1 is 0.932 bits per heavy atom. The number of amides is 2. The number of nitrogens with zero attached hydrogens (tertiary/aromatic N) is 2. The highest BCUT2D eigenvalue weighted by Gasteiger charge is 2.31. The molecule has 1 N–H and O–H groups in total. The van der Waals surface area contributed by atoms with E-state index in [0.717, 1.165) is 11.1 Å². The van der Waals surface area contributed by atoms with Gasteiger partial charge >= 0.3 is 0 Å². The average Bonchev–Trinajstić information content (AvgIpc) is 3.40. The van der Waals surface area contributed by atoms with E-state index in [2.05, 4.69) is 5.32 Å². The van der Waals surface area contributed by atoms with E-state index < -0.39 is 22.5 Å². The number of halogens is 1. The van der Waals surface area contributed by atoms with E-state index in [-0.39, 0.29) is 17.3 Å². The number of anilines is 2. The molecule has 2 amide bonds. The molecule has 0 unspecified atom stereocenters. The van der Waals surface area contributed by atoms with Crippen molar-refractivity contribution in [3.05, 3.63) is 117 Å². The normalized spacial score (nSPS) is 12.7. The third kappa shape index (κ3) is 6.65. The van der Waals surface area contributed by atoms with Gasteiger partial charge in [-0.2, -0.15) is 4.31 Å². The molecule has 0 aromatic heterocycles. The molecule has 0 spiro atoms. The van der Waals surface area contributed by atoms with Gasteiger partial charge in [-0.1, -0.05) is 47.5 Å². The van der Waals surface area contributed by atoms with Gasteiger partial charge in [-0.05, 0) is 98.0 Å². The minimum atomic E-state index is -4.06. The number of rotatable bonds is 9. The Kier molecular flexibility index (Phi) is 9.10. The Balaban J connectivity index is 1.39. The van der Waals surface area contributed by atoms with Crippen LogP contribution in [0.3, 0.4) is 0 Å². The number of sulfonamides is 1. The van der Waals surface area contributed by atoms with E-state index in [1.54, 1.807) is 86.5 Å². The highest BCUT2D eigenvalue weighted by molar-refractivity contribution is 7.89. The Morgan fingerprint density at radius 3 is 2.23 bits per heavy atom. The van der Waals surface area contributed by atoms with Crippen LogP contribution in [0.15, 0.2) is 83.8 Å². The molecular formula is C34H34ClN3O5S. The van der Waals surface area contributed by atoms with E-state index in [4.69, 9.17) is 16.3 Å². The first-order valence-electron chi connectivity index (χ1n) is 14.2. The van der Waals surface area contributed by atoms with Crippen molar-refractivity contribution in [2.75, 3.05) is 30.4 Å². The van der Waals surface area contributed by atoms with Crippen LogP contribution in [0, 0.1) is 20.8 Å². The van der Waals surface area contributed by atoms with Crippen LogP contribution in [0.25, 0.3) is 0 Å². The quantitative estimate of drug-likeness (QED) is 0.234. The lowest BCUT2D eigenvalue weighted by molar-refractivity contribution is -0.116. The molecule has 44 heavy (non-hydrogen) atoms. The van der Waals surface area contributed by atoms with Crippen molar-refractivity contribution in [3.63, 3.8) is 0 Å². The molecule has 0 aliphatic carbocycles. The standard InChI is InChI=1S/C34H34ClN3O5S/c1-22-17-23(2)33(24(3)18-22)44(41,42)37(20-25-5-10-28(35)11-6-25)21-32(39)36-29-12-7-26-15-16-38(31(26)19-29)34(40)27-8-13-30(43-4)14-9-27/h5-14,17-19H,15-16,20-21H2,1-4H3,(H,36,39). The molecule has 5 rings (SSSR count). The highest BCUT2D eigenvalue weighted by Crippen LogP contribution is 2.33. The maximum atomic E-state index is 14.1. The lowest BCUT2D eigenvalue weighted by Crippen LogP contribution is -2.38. The molecule has 1 aliphatic rings. The fourth-order valence-corrected chi connectivity index (χ4v) is 7.56. The van der Waals surface area contributed by atoms with Gasteiger partial charge in [0.05, 0.1) is 18.6 Å². The van der Waals surface area contributed by atoms with E-state index >= 15 is 0 Å². The Bertz CT molecular complexity index is 1800. The third-order valence-electron chi connectivity index (χ3n) is 7.64. The molecule has 1 aliphatic heterocycles. The number of aryl methyl sites for hydroxylation is 3. The summed E-state index contributed by atoms with van der Waals surface area (Å²) >= 11 is 6.06. The average molecular weight is 632 g/mol. The van der Waals surface area contributed by atoms with Gasteiger partial charge in [-0.3, -0.25) is 9.59 Å². The molecule has 0 saturated carbocycles. The fourth-order valence-electron chi connectivity index (χ4n) is 5.64. The van der Waals surface area contributed by atoms with Crippen LogP contribution >= 0.6 is 11.6 Å². The minimum absolute atomic E-state index is 0.0198. The van der Waals surface area contributed by atoms with Crippen molar-refractivity contribution in [2.24, 2.45) is 0 Å². The molecule has 0 radical (unpaired) electrons. The molecule has 0 saturated heterocycles. The van der Waals surface area contributed by atoms with Gasteiger partial charge < -0.3 is 15.0 Å². The van der Waals surface area contributed by atoms with Crippen molar-refractivity contribution in [1.29, 1.82) is 0 Å². The van der Waals surface area contributed by atoms with E-state index in [1.807, 2.05) is 25.1 Å². The Morgan fingerprint density at radius 2 is 1.59 bits per heavy atom. The van der Waals surface area contributed by atoms with Gasteiger partial charge in [0.25, 0.3) is 5.91 Å². The van der Waals surface area contributed by atoms with Gasteiger partial charge in [0.15, 0.2) is 0 Å². The van der Waals surface area contributed by atoms with E-state index in [9.17, 15) is 18.0 Å². The summed E-state index contributed by atoms with van der Waals surface area (Å²) in [5.74, 6) is 0.00285. The number of fused-ring (bicyclic) bond motifs is 1. The zero-order valence-electron chi connectivity index (χ0n) is 25.1. The number of hydrogen-bond donors (Lipinski definition) is 1. The van der Waals surface area contributed by atoms with Crippen molar-refractivity contribution in [2.45, 2.75) is 38.6 Å². The second kappa shape index (κ2) is 12.8. The second-order valence-electron chi connectivity index (χ2n) is 11.0. The van der Waals surface area contributed by atoms with Crippen molar-refractivity contribution >= 4 is 44.8 Å². The zero-order chi connectivity index (χ0) is 31.6. The molecule has 0 atom stereocenters. The summed E-state index contributed by atoms with van der Waals surface area (Å²) in [4.78, 5) is 28.6. The molecule has 8 nitrogen and oxygen atoms in total. The summed E-state index contributed by atoms with van der Waals surface area (Å²) in [7, 11) is -2.49. The smallest absolute Gasteiger partial charge is 0.258 e. The van der Waals surface area contributed by atoms with Crippen LogP contribution in [-0.2, 0) is 27.8 Å². The molecule has 0 bridgehead atoms. The van der Waals surface area contributed by atoms with Gasteiger partial charge in [0, 0.05) is 35.1 Å². The van der Waals surface area contributed by atoms with Crippen LogP contribution < -0.4 is 15.0 Å². The second-order valence-corrected chi connectivity index (χ2v) is 13.3. The fraction of sp³-hybridized carbons (Fsp3) is 0.235. The topological polar surface area (TPSA) is 96.0 Å². The predicted molar refractivity (Wildman–Crippen MR) is 173 cm³/mol. The lowest BCUT2D eigenvalue weighted by atomic mass is 10.1. The lowest BCUT2D eigenvalue weighted by Gasteiger charge is -2.24. The van der Waals surface area contributed by atoms with Crippen LogP contribution in [0.4, 0.5) is 11.4 Å². The molecular weight excluding hydrogens is 598 g/mol. The van der Waals surface area contributed by atoms with Gasteiger partial charge in [0.1, 0.15) is 5.75 Å². The molecule has 0 fully saturated rings. The first-order valence-corrected chi connectivity index (χ1v) is 16.0. The molecule has 228 valence electrons. The zero-order valence-corrected chi connectivity index (χ0v) is 26.6. The summed E-state index contributed by atoms with van der Waals surface area (Å²) in [5.41, 5.74) is 5.57. The number of ether oxygens (including phenoxy) is 1. The monoisotopic (exact) mass is 631 g/mol. The number of carbonyl (C=O) groups is 2. The Labute approximate surface area is 263 Å². The number of methoxy groups -OCH3 is 1. The maximum Gasteiger partial charge on any atom is 0.258 e.